The maximum Gasteiger partial charge on any atom is 0.123 e. The van der Waals surface area contributed by atoms with E-state index in [2.05, 4.69) is 0 Å². The van der Waals surface area contributed by atoms with Crippen molar-refractivity contribution in [2.75, 3.05) is 12.1 Å². The van der Waals surface area contributed by atoms with Crippen molar-refractivity contribution in [1.82, 2.24) is 0 Å². The van der Waals surface area contributed by atoms with Crippen LogP contribution in [-0.2, 0) is 6.42 Å². The highest BCUT2D eigenvalue weighted by Gasteiger charge is 2.00. The molecule has 12 heavy (non-hydrogen) atoms. The Morgan fingerprint density at radius 1 is 1.50 bits per heavy atom. The second kappa shape index (κ2) is 3.54. The zero-order chi connectivity index (χ0) is 9.14. The third kappa shape index (κ3) is 1.74. The van der Waals surface area contributed by atoms with E-state index in [1.54, 1.807) is 0 Å². The van der Waals surface area contributed by atoms with Crippen molar-refractivity contribution < 1.29 is 4.39 Å². The van der Waals surface area contributed by atoms with Crippen molar-refractivity contribution in [1.29, 1.82) is 0 Å². The molecule has 1 rings (SSSR count). The molecule has 1 aromatic rings. The van der Waals surface area contributed by atoms with Gasteiger partial charge in [0.15, 0.2) is 0 Å². The van der Waals surface area contributed by atoms with Crippen LogP contribution in [0.4, 0.5) is 10.1 Å². The molecule has 3 heteroatoms. The molecule has 0 N–H and O–H groups in total. The average Bonchev–Trinajstić information content (AvgIpc) is 2.03. The van der Waals surface area contributed by atoms with E-state index < -0.39 is 0 Å². The van der Waals surface area contributed by atoms with Gasteiger partial charge in [-0.25, -0.2) is 4.39 Å². The van der Waals surface area contributed by atoms with Crippen LogP contribution >= 0.6 is 0 Å². The number of hydroxylamine groups is 1. The van der Waals surface area contributed by atoms with E-state index in [0.29, 0.717) is 12.1 Å². The van der Waals surface area contributed by atoms with Crippen molar-refractivity contribution >= 4 is 5.69 Å². The lowest BCUT2D eigenvalue weighted by Crippen LogP contribution is -2.08. The predicted octanol–water partition coefficient (Wildman–Crippen LogP) is 2.32. The Morgan fingerprint density at radius 2 is 2.17 bits per heavy atom. The minimum absolute atomic E-state index is 0.294. The first-order valence-electron chi connectivity index (χ1n) is 3.84. The number of halogens is 1. The first kappa shape index (κ1) is 9.00. The van der Waals surface area contributed by atoms with Crippen molar-refractivity contribution in [3.05, 3.63) is 34.8 Å². The second-order valence-electron chi connectivity index (χ2n) is 2.62. The normalized spacial score (nSPS) is 10.0. The summed E-state index contributed by atoms with van der Waals surface area (Å²) < 4.78 is 12.7. The van der Waals surface area contributed by atoms with Crippen LogP contribution in [0.5, 0.6) is 0 Å². The maximum absolute atomic E-state index is 12.7. The Balaban J connectivity index is 3.11. The molecule has 2 nitrogen and oxygen atoms in total. The third-order valence-electron chi connectivity index (χ3n) is 1.76. The molecule has 0 radical (unpaired) electrons. The summed E-state index contributed by atoms with van der Waals surface area (Å²) >= 11 is 0. The van der Waals surface area contributed by atoms with Gasteiger partial charge in [-0.1, -0.05) is 6.92 Å². The summed E-state index contributed by atoms with van der Waals surface area (Å²) in [6, 6.07) is 4.19. The van der Waals surface area contributed by atoms with Gasteiger partial charge >= 0.3 is 0 Å². The first-order chi connectivity index (χ1) is 5.65. The van der Waals surface area contributed by atoms with Crippen LogP contribution in [0.3, 0.4) is 0 Å². The lowest BCUT2D eigenvalue weighted by molar-refractivity contribution is 0.625. The number of anilines is 1. The average molecular weight is 168 g/mol. The van der Waals surface area contributed by atoms with E-state index in [0.717, 1.165) is 10.6 Å². The molecule has 0 bridgehead atoms. The van der Waals surface area contributed by atoms with Gasteiger partial charge in [-0.15, -0.1) is 0 Å². The first-order valence-corrected chi connectivity index (χ1v) is 3.84. The number of hydrogen-bond donors (Lipinski definition) is 0. The van der Waals surface area contributed by atoms with Gasteiger partial charge < -0.3 is 10.3 Å². The van der Waals surface area contributed by atoms with Crippen LogP contribution in [0.15, 0.2) is 18.2 Å². The highest BCUT2D eigenvalue weighted by atomic mass is 19.1. The van der Waals surface area contributed by atoms with Crippen LogP contribution < -0.4 is 5.06 Å². The molecule has 0 amide bonds. The Bertz CT molecular complexity index is 273. The smallest absolute Gasteiger partial charge is 0.123 e. The topological polar surface area (TPSA) is 26.3 Å². The van der Waals surface area contributed by atoms with Gasteiger partial charge in [0.1, 0.15) is 5.82 Å². The van der Waals surface area contributed by atoms with Crippen LogP contribution in [0.1, 0.15) is 12.5 Å². The van der Waals surface area contributed by atoms with Gasteiger partial charge in [0.25, 0.3) is 0 Å². The Morgan fingerprint density at radius 3 is 2.67 bits per heavy atom. The van der Waals surface area contributed by atoms with Crippen LogP contribution in [-0.4, -0.2) is 7.05 Å². The van der Waals surface area contributed by atoms with E-state index in [9.17, 15) is 9.60 Å². The largest absolute Gasteiger partial charge is 0.758 e. The minimum Gasteiger partial charge on any atom is -0.758 e. The zero-order valence-corrected chi connectivity index (χ0v) is 7.17. The molecule has 66 valence electrons. The number of aryl methyl sites for hydroxylation is 1. The Labute approximate surface area is 71.2 Å². The van der Waals surface area contributed by atoms with Crippen molar-refractivity contribution in [3.8, 4) is 0 Å². The lowest BCUT2D eigenvalue weighted by Gasteiger charge is -2.27. The fourth-order valence-electron chi connectivity index (χ4n) is 1.14. The van der Waals surface area contributed by atoms with Gasteiger partial charge in [0.2, 0.25) is 0 Å². The minimum atomic E-state index is -0.294. The SMILES string of the molecule is CCc1cc(F)ccc1N(C)[O-]. The third-order valence-corrected chi connectivity index (χ3v) is 1.76. The van der Waals surface area contributed by atoms with Gasteiger partial charge in [-0.3, -0.25) is 0 Å². The van der Waals surface area contributed by atoms with Gasteiger partial charge in [-0.05, 0) is 37.2 Å². The number of benzene rings is 1. The molecule has 0 atom stereocenters. The summed E-state index contributed by atoms with van der Waals surface area (Å²) in [6.45, 7) is 1.89. The Kier molecular flexibility index (Phi) is 2.65. The summed E-state index contributed by atoms with van der Waals surface area (Å²) in [5, 5.41) is 11.7. The summed E-state index contributed by atoms with van der Waals surface area (Å²) in [5.74, 6) is -0.294. The molecule has 0 unspecified atom stereocenters. The molecule has 0 saturated carbocycles. The maximum atomic E-state index is 12.7. The molecular formula is C9H11FNO-. The van der Waals surface area contributed by atoms with Gasteiger partial charge in [0, 0.05) is 5.69 Å². The standard InChI is InChI=1S/C9H11FNO/c1-3-7-6-8(10)4-5-9(7)11(2)12/h4-6H,3H2,1-2H3/q-1. The monoisotopic (exact) mass is 168 g/mol. The van der Waals surface area contributed by atoms with Crippen molar-refractivity contribution in [2.24, 2.45) is 0 Å². The van der Waals surface area contributed by atoms with E-state index in [-0.39, 0.29) is 5.82 Å². The molecule has 0 saturated heterocycles. The van der Waals surface area contributed by atoms with Crippen molar-refractivity contribution in [2.45, 2.75) is 13.3 Å². The molecule has 0 aliphatic heterocycles. The Hall–Kier alpha value is -1.09. The molecule has 0 aliphatic rings. The summed E-state index contributed by atoms with van der Waals surface area (Å²) in [4.78, 5) is 0. The molecule has 1 aromatic carbocycles. The highest BCUT2D eigenvalue weighted by Crippen LogP contribution is 2.20. The summed E-state index contributed by atoms with van der Waals surface area (Å²) in [5.41, 5.74) is 1.28. The molecule has 0 aromatic heterocycles. The van der Waals surface area contributed by atoms with E-state index in [1.165, 1.54) is 25.2 Å². The number of rotatable bonds is 2. The van der Waals surface area contributed by atoms with E-state index in [1.807, 2.05) is 6.92 Å². The molecular weight excluding hydrogens is 157 g/mol. The summed E-state index contributed by atoms with van der Waals surface area (Å²) in [7, 11) is 1.41. The predicted molar refractivity (Wildman–Crippen MR) is 47.5 cm³/mol. The quantitative estimate of drug-likeness (QED) is 0.633. The fourth-order valence-corrected chi connectivity index (χ4v) is 1.14. The number of hydrogen-bond acceptors (Lipinski definition) is 2. The fraction of sp³-hybridized carbons (Fsp3) is 0.333. The van der Waals surface area contributed by atoms with Crippen LogP contribution in [0.2, 0.25) is 0 Å². The van der Waals surface area contributed by atoms with Gasteiger partial charge in [-0.2, -0.15) is 0 Å². The highest BCUT2D eigenvalue weighted by molar-refractivity contribution is 5.53. The lowest BCUT2D eigenvalue weighted by atomic mass is 10.1. The van der Waals surface area contributed by atoms with E-state index in [4.69, 9.17) is 0 Å². The van der Waals surface area contributed by atoms with Crippen LogP contribution in [0, 0.1) is 11.0 Å². The zero-order valence-electron chi connectivity index (χ0n) is 7.17. The van der Waals surface area contributed by atoms with Gasteiger partial charge in [0.05, 0.1) is 0 Å². The van der Waals surface area contributed by atoms with Crippen molar-refractivity contribution in [3.63, 3.8) is 0 Å². The summed E-state index contributed by atoms with van der Waals surface area (Å²) in [6.07, 6.45) is 0.666. The van der Waals surface area contributed by atoms with Crippen LogP contribution in [0.25, 0.3) is 0 Å². The molecule has 0 aliphatic carbocycles. The molecule has 0 fully saturated rings. The van der Waals surface area contributed by atoms with E-state index >= 15 is 0 Å². The second-order valence-corrected chi connectivity index (χ2v) is 2.62. The number of nitrogens with zero attached hydrogens (tertiary/aromatic N) is 1. The molecule has 0 heterocycles. The molecule has 0 spiro atoms.